The maximum Gasteiger partial charge on any atom is 0.255 e. The monoisotopic (exact) mass is 516 g/mol. The van der Waals surface area contributed by atoms with Crippen LogP contribution in [0.3, 0.4) is 0 Å². The van der Waals surface area contributed by atoms with Crippen LogP contribution in [0.1, 0.15) is 15.9 Å². The summed E-state index contributed by atoms with van der Waals surface area (Å²) in [6.07, 6.45) is 0. The highest BCUT2D eigenvalue weighted by Crippen LogP contribution is 2.32. The molecule has 6 nitrogen and oxygen atoms in total. The molecule has 5 rings (SSSR count). The van der Waals surface area contributed by atoms with Crippen molar-refractivity contribution >= 4 is 34.7 Å². The minimum Gasteiger partial charge on any atom is -0.497 e. The molecule has 3 aromatic carbocycles. The van der Waals surface area contributed by atoms with Crippen molar-refractivity contribution in [2.75, 3.05) is 12.4 Å². The third-order valence-electron chi connectivity index (χ3n) is 5.37. The molecule has 0 bridgehead atoms. The van der Waals surface area contributed by atoms with Crippen LogP contribution in [-0.4, -0.2) is 27.8 Å². The molecule has 0 atom stereocenters. The predicted octanol–water partition coefficient (Wildman–Crippen LogP) is 6.69. The molecule has 0 unspecified atom stereocenters. The Kier molecular flexibility index (Phi) is 7.11. The molecule has 36 heavy (non-hydrogen) atoms. The van der Waals surface area contributed by atoms with E-state index in [0.717, 1.165) is 32.9 Å². The lowest BCUT2D eigenvalue weighted by Crippen LogP contribution is -2.11. The summed E-state index contributed by atoms with van der Waals surface area (Å²) >= 11 is 3.17. The number of hydrogen-bond donors (Lipinski definition) is 1. The fraction of sp³-hybridized carbons (Fsp3) is 0.0741. The van der Waals surface area contributed by atoms with Crippen molar-refractivity contribution in [3.63, 3.8) is 0 Å². The van der Waals surface area contributed by atoms with E-state index in [9.17, 15) is 9.18 Å². The van der Waals surface area contributed by atoms with E-state index in [2.05, 4.69) is 15.5 Å². The van der Waals surface area contributed by atoms with Crippen LogP contribution >= 0.6 is 23.1 Å². The molecule has 0 radical (unpaired) electrons. The number of benzene rings is 3. The van der Waals surface area contributed by atoms with Gasteiger partial charge in [0.25, 0.3) is 5.91 Å². The van der Waals surface area contributed by atoms with Gasteiger partial charge in [-0.1, -0.05) is 36.0 Å². The van der Waals surface area contributed by atoms with E-state index in [0.29, 0.717) is 17.0 Å². The molecule has 0 aliphatic heterocycles. The maximum absolute atomic E-state index is 13.4. The number of carbonyl (C=O) groups excluding carboxylic acids is 1. The van der Waals surface area contributed by atoms with Crippen LogP contribution in [0.15, 0.2) is 95.5 Å². The Morgan fingerprint density at radius 3 is 2.53 bits per heavy atom. The van der Waals surface area contributed by atoms with Crippen LogP contribution in [0.25, 0.3) is 16.4 Å². The summed E-state index contributed by atoms with van der Waals surface area (Å²) in [7, 11) is 1.64. The molecular formula is C27H21FN4O2S2. The number of anilines is 1. The Labute approximate surface area is 215 Å². The molecule has 1 N–H and O–H groups in total. The van der Waals surface area contributed by atoms with Gasteiger partial charge in [0.15, 0.2) is 11.0 Å². The second-order valence-corrected chi connectivity index (χ2v) is 9.66. The van der Waals surface area contributed by atoms with Crippen molar-refractivity contribution in [1.82, 2.24) is 14.8 Å². The van der Waals surface area contributed by atoms with Crippen LogP contribution in [0, 0.1) is 5.82 Å². The summed E-state index contributed by atoms with van der Waals surface area (Å²) < 4.78 is 20.7. The van der Waals surface area contributed by atoms with Gasteiger partial charge in [-0.15, -0.1) is 21.5 Å². The zero-order chi connectivity index (χ0) is 24.9. The number of aromatic nitrogens is 3. The largest absolute Gasteiger partial charge is 0.497 e. The number of nitrogens with one attached hydrogen (secondary N) is 1. The number of thiophene rings is 1. The van der Waals surface area contributed by atoms with E-state index in [4.69, 9.17) is 4.74 Å². The van der Waals surface area contributed by atoms with Gasteiger partial charge in [0.2, 0.25) is 0 Å². The first kappa shape index (κ1) is 23.8. The van der Waals surface area contributed by atoms with Crippen molar-refractivity contribution in [2.24, 2.45) is 0 Å². The lowest BCUT2D eigenvalue weighted by Gasteiger charge is -2.10. The van der Waals surface area contributed by atoms with Crippen LogP contribution in [-0.2, 0) is 5.75 Å². The Balaban J connectivity index is 1.32. The van der Waals surface area contributed by atoms with E-state index in [1.165, 1.54) is 12.1 Å². The van der Waals surface area contributed by atoms with Gasteiger partial charge in [-0.05, 0) is 71.6 Å². The van der Waals surface area contributed by atoms with Gasteiger partial charge < -0.3 is 10.1 Å². The Bertz CT molecular complexity index is 1470. The highest BCUT2D eigenvalue weighted by atomic mass is 32.2. The molecule has 0 fully saturated rings. The average Bonchev–Trinajstić information content (AvgIpc) is 3.58. The number of hydrogen-bond acceptors (Lipinski definition) is 6. The van der Waals surface area contributed by atoms with Crippen LogP contribution in [0.4, 0.5) is 10.1 Å². The molecule has 0 saturated carbocycles. The minimum atomic E-state index is -0.398. The Morgan fingerprint density at radius 1 is 1.03 bits per heavy atom. The second kappa shape index (κ2) is 10.8. The van der Waals surface area contributed by atoms with Gasteiger partial charge in [-0.25, -0.2) is 4.39 Å². The van der Waals surface area contributed by atoms with Gasteiger partial charge in [-0.2, -0.15) is 0 Å². The van der Waals surface area contributed by atoms with Crippen LogP contribution < -0.4 is 10.1 Å². The third-order valence-corrected chi connectivity index (χ3v) is 7.24. The second-order valence-electron chi connectivity index (χ2n) is 7.77. The number of thioether (sulfide) groups is 1. The number of halogens is 1. The van der Waals surface area contributed by atoms with Crippen molar-refractivity contribution in [3.05, 3.63) is 107 Å². The van der Waals surface area contributed by atoms with E-state index < -0.39 is 5.82 Å². The third kappa shape index (κ3) is 5.32. The van der Waals surface area contributed by atoms with Crippen molar-refractivity contribution in [1.29, 1.82) is 0 Å². The smallest absolute Gasteiger partial charge is 0.255 e. The molecule has 0 aliphatic rings. The number of methoxy groups -OCH3 is 1. The number of nitrogens with zero attached hydrogens (tertiary/aromatic N) is 3. The average molecular weight is 517 g/mol. The fourth-order valence-electron chi connectivity index (χ4n) is 3.56. The molecule has 2 aromatic heterocycles. The summed E-state index contributed by atoms with van der Waals surface area (Å²) in [5.41, 5.74) is 2.88. The van der Waals surface area contributed by atoms with Crippen molar-refractivity contribution in [3.8, 4) is 22.1 Å². The standard InChI is InChI=1S/C27H21FN4O2S2/c1-34-23-13-11-22(12-14-23)32-25(24-6-3-15-35-24)30-31-27(32)36-17-18-7-9-19(10-8-18)26(33)29-21-5-2-4-20(28)16-21/h2-16H,17H2,1H3,(H,29,33). The molecule has 0 spiro atoms. The van der Waals surface area contributed by atoms with Gasteiger partial charge in [0.05, 0.1) is 17.7 Å². The quantitative estimate of drug-likeness (QED) is 0.233. The van der Waals surface area contributed by atoms with Gasteiger partial charge in [0, 0.05) is 17.0 Å². The summed E-state index contributed by atoms with van der Waals surface area (Å²) in [5, 5.41) is 14.4. The Morgan fingerprint density at radius 2 is 1.83 bits per heavy atom. The molecule has 1 amide bonds. The van der Waals surface area contributed by atoms with E-state index in [1.54, 1.807) is 54.5 Å². The van der Waals surface area contributed by atoms with E-state index >= 15 is 0 Å². The van der Waals surface area contributed by atoms with Crippen LogP contribution in [0.5, 0.6) is 5.75 Å². The number of carbonyl (C=O) groups is 1. The molecule has 2 heterocycles. The summed E-state index contributed by atoms with van der Waals surface area (Å²) in [6, 6.07) is 25.0. The SMILES string of the molecule is COc1ccc(-n2c(SCc3ccc(C(=O)Nc4cccc(F)c4)cc3)nnc2-c2cccs2)cc1. The fourth-order valence-corrected chi connectivity index (χ4v) is 5.17. The molecule has 0 aliphatic carbocycles. The summed E-state index contributed by atoms with van der Waals surface area (Å²) in [4.78, 5) is 13.5. The molecule has 5 aromatic rings. The number of amides is 1. The zero-order valence-electron chi connectivity index (χ0n) is 19.2. The highest BCUT2D eigenvalue weighted by Gasteiger charge is 2.17. The topological polar surface area (TPSA) is 69.0 Å². The Hall–Kier alpha value is -3.95. The lowest BCUT2D eigenvalue weighted by atomic mass is 10.1. The van der Waals surface area contributed by atoms with E-state index in [-0.39, 0.29) is 5.91 Å². The maximum atomic E-state index is 13.4. The molecular weight excluding hydrogens is 495 g/mol. The lowest BCUT2D eigenvalue weighted by molar-refractivity contribution is 0.102. The van der Waals surface area contributed by atoms with Crippen LogP contribution in [0.2, 0.25) is 0 Å². The molecule has 0 saturated heterocycles. The molecule has 180 valence electrons. The minimum absolute atomic E-state index is 0.292. The normalized spacial score (nSPS) is 10.8. The van der Waals surface area contributed by atoms with E-state index in [1.807, 2.05) is 58.5 Å². The molecule has 9 heteroatoms. The first-order chi connectivity index (χ1) is 17.6. The first-order valence-electron chi connectivity index (χ1n) is 11.0. The van der Waals surface area contributed by atoms with Gasteiger partial charge in [-0.3, -0.25) is 9.36 Å². The summed E-state index contributed by atoms with van der Waals surface area (Å²) in [6.45, 7) is 0. The highest BCUT2D eigenvalue weighted by molar-refractivity contribution is 7.98. The first-order valence-corrected chi connectivity index (χ1v) is 12.9. The zero-order valence-corrected chi connectivity index (χ0v) is 20.9. The van der Waals surface area contributed by atoms with Gasteiger partial charge >= 0.3 is 0 Å². The van der Waals surface area contributed by atoms with Crippen molar-refractivity contribution < 1.29 is 13.9 Å². The summed E-state index contributed by atoms with van der Waals surface area (Å²) in [5.74, 6) is 1.51. The number of ether oxygens (including phenoxy) is 1. The predicted molar refractivity (Wildman–Crippen MR) is 142 cm³/mol. The number of rotatable bonds is 8. The van der Waals surface area contributed by atoms with Gasteiger partial charge in [0.1, 0.15) is 11.6 Å². The van der Waals surface area contributed by atoms with Crippen molar-refractivity contribution in [2.45, 2.75) is 10.9 Å².